The summed E-state index contributed by atoms with van der Waals surface area (Å²) in [5.74, 6) is 0.771. The molecule has 0 saturated carbocycles. The van der Waals surface area contributed by atoms with Gasteiger partial charge in [-0.05, 0) is 36.8 Å². The van der Waals surface area contributed by atoms with Gasteiger partial charge < -0.3 is 19.4 Å². The molecule has 0 bridgehead atoms. The molecule has 0 saturated heterocycles. The summed E-state index contributed by atoms with van der Waals surface area (Å²) in [5.41, 5.74) is 0.592. The van der Waals surface area contributed by atoms with Crippen molar-refractivity contribution in [2.75, 3.05) is 25.3 Å². The number of carbonyl (C=O) groups excluding carboxylic acids is 1. The number of carbonyl (C=O) groups is 1. The van der Waals surface area contributed by atoms with Crippen molar-refractivity contribution in [3.05, 3.63) is 42.0 Å². The number of anilines is 1. The van der Waals surface area contributed by atoms with Crippen molar-refractivity contribution in [2.45, 2.75) is 31.2 Å². The lowest BCUT2D eigenvalue weighted by atomic mass is 10.2. The van der Waals surface area contributed by atoms with Crippen LogP contribution in [0, 0.1) is 0 Å². The van der Waals surface area contributed by atoms with Crippen molar-refractivity contribution in [3.8, 4) is 11.5 Å². The van der Waals surface area contributed by atoms with E-state index in [9.17, 15) is 18.0 Å². The molecule has 3 rings (SSSR count). The van der Waals surface area contributed by atoms with E-state index >= 15 is 0 Å². The van der Waals surface area contributed by atoms with E-state index in [-0.39, 0.29) is 11.7 Å². The van der Waals surface area contributed by atoms with Gasteiger partial charge in [0.15, 0.2) is 5.16 Å². The number of hydrogen-bond acceptors (Lipinski definition) is 5. The normalized spacial score (nSPS) is 11.5. The summed E-state index contributed by atoms with van der Waals surface area (Å²) in [6.07, 6.45) is -3.72. The summed E-state index contributed by atoms with van der Waals surface area (Å²) in [7, 11) is 3.01. The molecule has 0 unspecified atom stereocenters. The lowest BCUT2D eigenvalue weighted by Gasteiger charge is -2.12. The zero-order valence-corrected chi connectivity index (χ0v) is 18.1. The number of alkyl halides is 3. The summed E-state index contributed by atoms with van der Waals surface area (Å²) < 4.78 is 51.5. The highest BCUT2D eigenvalue weighted by molar-refractivity contribution is 7.99. The highest BCUT2D eigenvalue weighted by Crippen LogP contribution is 2.33. The predicted octanol–water partition coefficient (Wildman–Crippen LogP) is 5.21. The lowest BCUT2D eigenvalue weighted by molar-refractivity contribution is -0.137. The number of ether oxygens (including phenoxy) is 2. The van der Waals surface area contributed by atoms with Gasteiger partial charge in [-0.15, -0.1) is 0 Å². The van der Waals surface area contributed by atoms with Gasteiger partial charge in [-0.1, -0.05) is 18.7 Å². The third kappa shape index (κ3) is 5.25. The maximum atomic E-state index is 13.1. The Morgan fingerprint density at radius 2 is 1.94 bits per heavy atom. The van der Waals surface area contributed by atoms with Gasteiger partial charge in [0.05, 0.1) is 42.3 Å². The van der Waals surface area contributed by atoms with Gasteiger partial charge in [0, 0.05) is 12.6 Å². The first-order valence-corrected chi connectivity index (χ1v) is 10.5. The molecule has 2 aromatic carbocycles. The molecule has 1 heterocycles. The Kier molecular flexibility index (Phi) is 6.99. The molecule has 0 aliphatic carbocycles. The molecule has 0 fully saturated rings. The highest BCUT2D eigenvalue weighted by Gasteiger charge is 2.31. The van der Waals surface area contributed by atoms with E-state index in [1.54, 1.807) is 22.8 Å². The van der Waals surface area contributed by atoms with Crippen molar-refractivity contribution >= 4 is 34.4 Å². The number of hydrogen-bond donors (Lipinski definition) is 1. The fraction of sp³-hybridized carbons (Fsp3) is 0.333. The summed E-state index contributed by atoms with van der Waals surface area (Å²) in [6, 6.07) is 8.51. The van der Waals surface area contributed by atoms with Crippen LogP contribution in [0.2, 0.25) is 0 Å². The Bertz CT molecular complexity index is 1080. The zero-order valence-electron chi connectivity index (χ0n) is 17.2. The van der Waals surface area contributed by atoms with E-state index in [1.807, 2.05) is 6.92 Å². The van der Waals surface area contributed by atoms with Crippen LogP contribution in [0.5, 0.6) is 11.5 Å². The molecular formula is C21H22F3N3O3S. The van der Waals surface area contributed by atoms with Crippen LogP contribution in [0.3, 0.4) is 0 Å². The summed E-state index contributed by atoms with van der Waals surface area (Å²) >= 11 is 1.16. The molecular weight excluding hydrogens is 431 g/mol. The van der Waals surface area contributed by atoms with Crippen molar-refractivity contribution in [3.63, 3.8) is 0 Å². The predicted molar refractivity (Wildman–Crippen MR) is 114 cm³/mol. The number of halogens is 3. The summed E-state index contributed by atoms with van der Waals surface area (Å²) in [4.78, 5) is 16.9. The van der Waals surface area contributed by atoms with Gasteiger partial charge in [-0.2, -0.15) is 13.2 Å². The first kappa shape index (κ1) is 22.8. The minimum absolute atomic E-state index is 0.0273. The quantitative estimate of drug-likeness (QED) is 0.474. The topological polar surface area (TPSA) is 65.4 Å². The van der Waals surface area contributed by atoms with Gasteiger partial charge in [-0.3, -0.25) is 4.79 Å². The molecule has 166 valence electrons. The van der Waals surface area contributed by atoms with Crippen LogP contribution in [0.1, 0.15) is 18.9 Å². The Balaban J connectivity index is 1.80. The number of methoxy groups -OCH3 is 2. The molecule has 1 amide bonds. The number of imidazole rings is 1. The van der Waals surface area contributed by atoms with Gasteiger partial charge in [0.2, 0.25) is 5.91 Å². The number of nitrogens with one attached hydrogen (secondary N) is 1. The second-order valence-corrected chi connectivity index (χ2v) is 7.59. The van der Waals surface area contributed by atoms with Crippen LogP contribution >= 0.6 is 11.8 Å². The molecule has 0 radical (unpaired) electrons. The van der Waals surface area contributed by atoms with Crippen LogP contribution in [0.4, 0.5) is 18.9 Å². The van der Waals surface area contributed by atoms with Crippen LogP contribution in [-0.2, 0) is 17.5 Å². The Hall–Kier alpha value is -2.88. The van der Waals surface area contributed by atoms with E-state index in [1.165, 1.54) is 20.3 Å². The molecule has 31 heavy (non-hydrogen) atoms. The number of nitrogens with zero attached hydrogens (tertiary/aromatic N) is 2. The Labute approximate surface area is 181 Å². The smallest absolute Gasteiger partial charge is 0.416 e. The molecule has 0 aliphatic rings. The van der Waals surface area contributed by atoms with Crippen LogP contribution in [-0.4, -0.2) is 35.4 Å². The van der Waals surface area contributed by atoms with Crippen molar-refractivity contribution in [2.24, 2.45) is 0 Å². The fourth-order valence-corrected chi connectivity index (χ4v) is 3.90. The number of aryl methyl sites for hydroxylation is 1. The van der Waals surface area contributed by atoms with Crippen molar-refractivity contribution < 1.29 is 27.4 Å². The average molecular weight is 453 g/mol. The number of amides is 1. The van der Waals surface area contributed by atoms with Crippen LogP contribution in [0.15, 0.2) is 41.6 Å². The monoisotopic (exact) mass is 453 g/mol. The second-order valence-electron chi connectivity index (χ2n) is 6.65. The van der Waals surface area contributed by atoms with Gasteiger partial charge in [0.1, 0.15) is 11.5 Å². The second kappa shape index (κ2) is 9.51. The van der Waals surface area contributed by atoms with E-state index in [0.717, 1.165) is 23.9 Å². The number of fused-ring (bicyclic) bond motifs is 1. The maximum absolute atomic E-state index is 13.1. The minimum Gasteiger partial charge on any atom is -0.497 e. The minimum atomic E-state index is -4.43. The SMILES string of the molecule is CCCn1c(SCC(=O)Nc2cc(OC)ccc2OC)nc2ccc(C(F)(F)F)cc21. The first-order valence-electron chi connectivity index (χ1n) is 9.49. The number of benzene rings is 2. The third-order valence-corrected chi connectivity index (χ3v) is 5.48. The van der Waals surface area contributed by atoms with E-state index in [4.69, 9.17) is 9.47 Å². The van der Waals surface area contributed by atoms with E-state index < -0.39 is 11.7 Å². The lowest BCUT2D eigenvalue weighted by Crippen LogP contribution is -2.15. The molecule has 3 aromatic rings. The van der Waals surface area contributed by atoms with E-state index in [0.29, 0.717) is 46.3 Å². The van der Waals surface area contributed by atoms with E-state index in [2.05, 4.69) is 10.3 Å². The van der Waals surface area contributed by atoms with Gasteiger partial charge >= 0.3 is 6.18 Å². The van der Waals surface area contributed by atoms with Gasteiger partial charge in [-0.25, -0.2) is 4.98 Å². The largest absolute Gasteiger partial charge is 0.497 e. The zero-order chi connectivity index (χ0) is 22.6. The average Bonchev–Trinajstić information content (AvgIpc) is 3.08. The number of aromatic nitrogens is 2. The maximum Gasteiger partial charge on any atom is 0.416 e. The molecule has 0 spiro atoms. The molecule has 1 aromatic heterocycles. The van der Waals surface area contributed by atoms with Crippen molar-refractivity contribution in [1.82, 2.24) is 9.55 Å². The summed E-state index contributed by atoms with van der Waals surface area (Å²) in [5, 5.41) is 3.26. The molecule has 1 N–H and O–H groups in total. The van der Waals surface area contributed by atoms with Crippen LogP contribution in [0.25, 0.3) is 11.0 Å². The van der Waals surface area contributed by atoms with Crippen molar-refractivity contribution in [1.29, 1.82) is 0 Å². The Morgan fingerprint density at radius 3 is 2.58 bits per heavy atom. The van der Waals surface area contributed by atoms with Crippen LogP contribution < -0.4 is 14.8 Å². The molecule has 0 atom stereocenters. The Morgan fingerprint density at radius 1 is 1.16 bits per heavy atom. The molecule has 6 nitrogen and oxygen atoms in total. The molecule has 10 heteroatoms. The summed E-state index contributed by atoms with van der Waals surface area (Å²) in [6.45, 7) is 2.42. The van der Waals surface area contributed by atoms with Gasteiger partial charge in [0.25, 0.3) is 0 Å². The fourth-order valence-electron chi connectivity index (χ4n) is 3.05. The third-order valence-electron chi connectivity index (χ3n) is 4.50. The number of thioether (sulfide) groups is 1. The highest BCUT2D eigenvalue weighted by atomic mass is 32.2. The first-order chi connectivity index (χ1) is 14.8. The molecule has 0 aliphatic heterocycles. The number of rotatable bonds is 8. The standard InChI is InChI=1S/C21H22F3N3O3S/c1-4-9-27-17-10-13(21(22,23)24)5-7-15(17)26-20(27)31-12-19(28)25-16-11-14(29-2)6-8-18(16)30-3/h5-8,10-11H,4,9,12H2,1-3H3,(H,25,28).